The van der Waals surface area contributed by atoms with Crippen LogP contribution in [0.15, 0.2) is 45.3 Å². The standard InChI is InChI=1S/C16H12N6S/c1-10-16(11(2)22-21-10)23-15-6-4-3-5-13(15)20-14(9-19)12(7-17)8-18/h3-6,20H,1-2H3,(H,21,22). The van der Waals surface area contributed by atoms with Crippen molar-refractivity contribution in [3.63, 3.8) is 0 Å². The van der Waals surface area contributed by atoms with Crippen LogP contribution in [0.3, 0.4) is 0 Å². The van der Waals surface area contributed by atoms with Crippen molar-refractivity contribution in [2.75, 3.05) is 5.32 Å². The molecule has 0 radical (unpaired) electrons. The number of allylic oxidation sites excluding steroid dienone is 2. The number of aromatic amines is 1. The molecule has 6 nitrogen and oxygen atoms in total. The maximum absolute atomic E-state index is 9.16. The molecule has 1 heterocycles. The number of para-hydroxylation sites is 1. The summed E-state index contributed by atoms with van der Waals surface area (Å²) in [6.45, 7) is 3.84. The van der Waals surface area contributed by atoms with Gasteiger partial charge in [-0.2, -0.15) is 20.9 Å². The predicted molar refractivity (Wildman–Crippen MR) is 86.1 cm³/mol. The number of rotatable bonds is 4. The number of aromatic nitrogens is 2. The molecule has 0 spiro atoms. The van der Waals surface area contributed by atoms with Crippen molar-refractivity contribution in [1.29, 1.82) is 15.8 Å². The summed E-state index contributed by atoms with van der Waals surface area (Å²) in [4.78, 5) is 1.87. The molecule has 0 saturated heterocycles. The third-order valence-corrected chi connectivity index (χ3v) is 4.39. The van der Waals surface area contributed by atoms with E-state index < -0.39 is 0 Å². The van der Waals surface area contributed by atoms with Gasteiger partial charge in [0.1, 0.15) is 23.9 Å². The van der Waals surface area contributed by atoms with E-state index in [-0.39, 0.29) is 11.3 Å². The van der Waals surface area contributed by atoms with E-state index in [1.807, 2.05) is 38.1 Å². The van der Waals surface area contributed by atoms with Crippen LogP contribution in [0, 0.1) is 47.8 Å². The molecule has 112 valence electrons. The number of nitriles is 3. The second-order valence-corrected chi connectivity index (χ2v) is 5.62. The van der Waals surface area contributed by atoms with E-state index in [9.17, 15) is 0 Å². The van der Waals surface area contributed by atoms with Gasteiger partial charge < -0.3 is 5.32 Å². The number of nitrogens with one attached hydrogen (secondary N) is 2. The average Bonchev–Trinajstić information content (AvgIpc) is 2.88. The van der Waals surface area contributed by atoms with Gasteiger partial charge in [0.25, 0.3) is 0 Å². The molecule has 0 aliphatic rings. The average molecular weight is 320 g/mol. The molecule has 7 heteroatoms. The van der Waals surface area contributed by atoms with Crippen LogP contribution in [0.25, 0.3) is 0 Å². The first-order valence-corrected chi connectivity index (χ1v) is 7.42. The predicted octanol–water partition coefficient (Wildman–Crippen LogP) is 3.41. The molecular weight excluding hydrogens is 308 g/mol. The molecule has 2 rings (SSSR count). The highest BCUT2D eigenvalue weighted by Crippen LogP contribution is 2.36. The minimum atomic E-state index is -0.247. The molecule has 1 aromatic heterocycles. The second-order valence-electron chi connectivity index (χ2n) is 4.57. The molecule has 0 aliphatic carbocycles. The van der Waals surface area contributed by atoms with Crippen molar-refractivity contribution >= 4 is 17.4 Å². The fourth-order valence-corrected chi connectivity index (χ4v) is 2.87. The summed E-state index contributed by atoms with van der Waals surface area (Å²) in [7, 11) is 0. The topological polar surface area (TPSA) is 112 Å². The summed E-state index contributed by atoms with van der Waals surface area (Å²) in [5.41, 5.74) is 2.17. The van der Waals surface area contributed by atoms with Crippen LogP contribution in [0.2, 0.25) is 0 Å². The van der Waals surface area contributed by atoms with Crippen LogP contribution in [-0.4, -0.2) is 10.2 Å². The van der Waals surface area contributed by atoms with Gasteiger partial charge in [-0.15, -0.1) is 0 Å². The van der Waals surface area contributed by atoms with Gasteiger partial charge in [-0.05, 0) is 26.0 Å². The number of hydrogen-bond acceptors (Lipinski definition) is 6. The molecule has 23 heavy (non-hydrogen) atoms. The fourth-order valence-electron chi connectivity index (χ4n) is 1.88. The van der Waals surface area contributed by atoms with E-state index >= 15 is 0 Å². The molecule has 2 N–H and O–H groups in total. The van der Waals surface area contributed by atoms with Crippen LogP contribution < -0.4 is 5.32 Å². The van der Waals surface area contributed by atoms with Crippen molar-refractivity contribution in [2.24, 2.45) is 0 Å². The van der Waals surface area contributed by atoms with Gasteiger partial charge in [0.2, 0.25) is 0 Å². The minimum absolute atomic E-state index is 0.0660. The van der Waals surface area contributed by atoms with Crippen molar-refractivity contribution in [3.8, 4) is 18.2 Å². The van der Waals surface area contributed by atoms with Gasteiger partial charge in [-0.3, -0.25) is 5.10 Å². The Morgan fingerprint density at radius 3 is 2.39 bits per heavy atom. The Bertz CT molecular complexity index is 853. The molecule has 0 amide bonds. The van der Waals surface area contributed by atoms with Gasteiger partial charge in [-0.1, -0.05) is 23.9 Å². The molecule has 1 aromatic carbocycles. The quantitative estimate of drug-likeness (QED) is 0.835. The van der Waals surface area contributed by atoms with Gasteiger partial charge in [0.15, 0.2) is 5.57 Å². The normalized spacial score (nSPS) is 9.35. The third kappa shape index (κ3) is 3.52. The first kappa shape index (κ1) is 16.2. The summed E-state index contributed by atoms with van der Waals surface area (Å²) < 4.78 is 0. The number of nitrogens with zero attached hydrogens (tertiary/aromatic N) is 4. The summed E-state index contributed by atoms with van der Waals surface area (Å²) in [5, 5.41) is 37.0. The molecular formula is C16H12N6S. The molecule has 2 aromatic rings. The highest BCUT2D eigenvalue weighted by molar-refractivity contribution is 7.99. The zero-order valence-electron chi connectivity index (χ0n) is 12.5. The van der Waals surface area contributed by atoms with Crippen molar-refractivity contribution < 1.29 is 0 Å². The van der Waals surface area contributed by atoms with E-state index in [1.165, 1.54) is 11.8 Å². The third-order valence-electron chi connectivity index (χ3n) is 3.00. The first-order valence-electron chi connectivity index (χ1n) is 6.60. The Labute approximate surface area is 138 Å². The lowest BCUT2D eigenvalue weighted by atomic mass is 10.2. The maximum Gasteiger partial charge on any atom is 0.163 e. The van der Waals surface area contributed by atoms with E-state index in [1.54, 1.807) is 18.2 Å². The molecule has 0 fully saturated rings. The monoisotopic (exact) mass is 320 g/mol. The van der Waals surface area contributed by atoms with Gasteiger partial charge in [-0.25, -0.2) is 0 Å². The Kier molecular flexibility index (Phi) is 5.04. The van der Waals surface area contributed by atoms with Crippen molar-refractivity contribution in [2.45, 2.75) is 23.6 Å². The van der Waals surface area contributed by atoms with Crippen LogP contribution in [0.4, 0.5) is 5.69 Å². The van der Waals surface area contributed by atoms with E-state index in [4.69, 9.17) is 15.8 Å². The lowest BCUT2D eigenvalue weighted by molar-refractivity contribution is 1.02. The summed E-state index contributed by atoms with van der Waals surface area (Å²) in [6, 6.07) is 12.7. The maximum atomic E-state index is 9.16. The Morgan fingerprint density at radius 2 is 1.83 bits per heavy atom. The van der Waals surface area contributed by atoms with Crippen molar-refractivity contribution in [3.05, 3.63) is 46.9 Å². The van der Waals surface area contributed by atoms with E-state index in [2.05, 4.69) is 15.5 Å². The largest absolute Gasteiger partial charge is 0.344 e. The number of anilines is 1. The molecule has 0 atom stereocenters. The zero-order chi connectivity index (χ0) is 16.8. The van der Waals surface area contributed by atoms with Crippen LogP contribution in [-0.2, 0) is 0 Å². The summed E-state index contributed by atoms with van der Waals surface area (Å²) >= 11 is 1.50. The van der Waals surface area contributed by atoms with E-state index in [0.29, 0.717) is 5.69 Å². The second kappa shape index (κ2) is 7.17. The summed E-state index contributed by atoms with van der Waals surface area (Å²) in [5.74, 6) is 0. The number of benzene rings is 1. The van der Waals surface area contributed by atoms with Crippen LogP contribution >= 0.6 is 11.8 Å². The first-order chi connectivity index (χ1) is 11.1. The fraction of sp³-hybridized carbons (Fsp3) is 0.125. The number of H-pyrrole nitrogens is 1. The van der Waals surface area contributed by atoms with Crippen LogP contribution in [0.1, 0.15) is 11.4 Å². The van der Waals surface area contributed by atoms with Crippen molar-refractivity contribution in [1.82, 2.24) is 10.2 Å². The zero-order valence-corrected chi connectivity index (χ0v) is 13.3. The highest BCUT2D eigenvalue weighted by Gasteiger charge is 2.13. The van der Waals surface area contributed by atoms with Gasteiger partial charge >= 0.3 is 0 Å². The van der Waals surface area contributed by atoms with E-state index in [0.717, 1.165) is 21.2 Å². The Balaban J connectivity index is 2.40. The minimum Gasteiger partial charge on any atom is -0.344 e. The van der Waals surface area contributed by atoms with Gasteiger partial charge in [0, 0.05) is 10.6 Å². The number of hydrogen-bond donors (Lipinski definition) is 2. The molecule has 0 unspecified atom stereocenters. The number of aryl methyl sites for hydroxylation is 2. The smallest absolute Gasteiger partial charge is 0.163 e. The molecule has 0 aliphatic heterocycles. The van der Waals surface area contributed by atoms with Crippen LogP contribution in [0.5, 0.6) is 0 Å². The van der Waals surface area contributed by atoms with Gasteiger partial charge in [0.05, 0.1) is 16.3 Å². The molecule has 0 bridgehead atoms. The Morgan fingerprint density at radius 1 is 1.13 bits per heavy atom. The summed E-state index contributed by atoms with van der Waals surface area (Å²) in [6.07, 6.45) is 0. The SMILES string of the molecule is Cc1n[nH]c(C)c1Sc1ccccc1NC(C#N)=C(C#N)C#N. The lowest BCUT2D eigenvalue weighted by Crippen LogP contribution is -2.01. The highest BCUT2D eigenvalue weighted by atomic mass is 32.2. The Hall–Kier alpha value is -3.21. The molecule has 0 saturated carbocycles. The lowest BCUT2D eigenvalue weighted by Gasteiger charge is -2.11.